The van der Waals surface area contributed by atoms with E-state index in [0.717, 1.165) is 33.4 Å². The van der Waals surface area contributed by atoms with Crippen LogP contribution in [0.1, 0.15) is 0 Å². The molecule has 3 aromatic carbocycles. The number of hydrogen-bond donors (Lipinski definition) is 3. The van der Waals surface area contributed by atoms with Crippen LogP contribution in [0.2, 0.25) is 0 Å². The molecule has 4 aromatic rings. The van der Waals surface area contributed by atoms with Crippen molar-refractivity contribution in [3.8, 4) is 28.2 Å². The number of hydrogen-bond acceptors (Lipinski definition) is 4. The Kier molecular flexibility index (Phi) is 7.39. The van der Waals surface area contributed by atoms with Crippen LogP contribution in [0.5, 0.6) is 0 Å². The molecule has 1 heterocycles. The highest BCUT2D eigenvalue weighted by atomic mass is 32.2. The van der Waals surface area contributed by atoms with Crippen molar-refractivity contribution in [1.29, 1.82) is 0 Å². The summed E-state index contributed by atoms with van der Waals surface area (Å²) in [7, 11) is 1.68. The Labute approximate surface area is 202 Å². The standard InChI is InChI=1S/C25H23N5OS2/c1-26-24(32)29-28-21(31)17-33-25-27-22(18-11-5-2-6-12-18)23(19-13-7-3-8-14-19)30(25)20-15-9-4-10-16-20/h2-16H,17H2,1H3,(H,28,31)(H2,26,29,32). The SMILES string of the molecule is CNC(=S)NNC(=O)CSc1nc(-c2ccccc2)c(-c2ccccc2)n1-c1ccccc1. The van der Waals surface area contributed by atoms with E-state index in [1.54, 1.807) is 7.05 Å². The molecule has 1 aromatic heterocycles. The molecule has 3 N–H and O–H groups in total. The van der Waals surface area contributed by atoms with Gasteiger partial charge in [-0.25, -0.2) is 4.98 Å². The molecule has 0 bridgehead atoms. The fourth-order valence-corrected chi connectivity index (χ4v) is 4.19. The predicted molar refractivity (Wildman–Crippen MR) is 138 cm³/mol. The van der Waals surface area contributed by atoms with Gasteiger partial charge in [-0.05, 0) is 24.4 Å². The van der Waals surface area contributed by atoms with Crippen molar-refractivity contribution in [3.63, 3.8) is 0 Å². The molecule has 0 unspecified atom stereocenters. The normalized spacial score (nSPS) is 10.5. The Morgan fingerprint density at radius 1 is 0.879 bits per heavy atom. The van der Waals surface area contributed by atoms with Gasteiger partial charge in [0.05, 0.1) is 17.1 Å². The van der Waals surface area contributed by atoms with E-state index in [0.29, 0.717) is 5.11 Å². The zero-order chi connectivity index (χ0) is 23.0. The number of thiocarbonyl (C=S) groups is 1. The number of benzene rings is 3. The lowest BCUT2D eigenvalue weighted by atomic mass is 10.0. The highest BCUT2D eigenvalue weighted by molar-refractivity contribution is 7.99. The lowest BCUT2D eigenvalue weighted by molar-refractivity contribution is -0.119. The van der Waals surface area contributed by atoms with E-state index in [2.05, 4.69) is 32.9 Å². The largest absolute Gasteiger partial charge is 0.364 e. The van der Waals surface area contributed by atoms with E-state index < -0.39 is 0 Å². The first kappa shape index (κ1) is 22.6. The Balaban J connectivity index is 1.78. The maximum absolute atomic E-state index is 12.4. The molecule has 0 fully saturated rings. The molecule has 0 saturated carbocycles. The summed E-state index contributed by atoms with van der Waals surface area (Å²) in [6.45, 7) is 0. The molecule has 0 aliphatic heterocycles. The number of nitrogens with zero attached hydrogens (tertiary/aromatic N) is 2. The fraction of sp³-hybridized carbons (Fsp3) is 0.0800. The molecule has 0 aliphatic rings. The first-order valence-electron chi connectivity index (χ1n) is 10.4. The molecular formula is C25H23N5OS2. The first-order chi connectivity index (χ1) is 16.2. The van der Waals surface area contributed by atoms with E-state index in [9.17, 15) is 4.79 Å². The molecule has 8 heteroatoms. The van der Waals surface area contributed by atoms with Gasteiger partial charge in [0.15, 0.2) is 10.3 Å². The molecule has 0 aliphatic carbocycles. The van der Waals surface area contributed by atoms with Crippen LogP contribution in [0.15, 0.2) is 96.2 Å². The van der Waals surface area contributed by atoms with Gasteiger partial charge in [0.1, 0.15) is 0 Å². The third-order valence-corrected chi connectivity index (χ3v) is 6.08. The summed E-state index contributed by atoms with van der Waals surface area (Å²) in [5.74, 6) is -0.0335. The lowest BCUT2D eigenvalue weighted by Gasteiger charge is -2.13. The van der Waals surface area contributed by atoms with Gasteiger partial charge in [0, 0.05) is 23.9 Å². The average molecular weight is 474 g/mol. The number of aromatic nitrogens is 2. The molecule has 33 heavy (non-hydrogen) atoms. The number of hydrazine groups is 1. The number of nitrogens with one attached hydrogen (secondary N) is 3. The van der Waals surface area contributed by atoms with Gasteiger partial charge in [-0.15, -0.1) is 0 Å². The van der Waals surface area contributed by atoms with Crippen LogP contribution in [-0.2, 0) is 4.79 Å². The molecular weight excluding hydrogens is 450 g/mol. The van der Waals surface area contributed by atoms with Gasteiger partial charge in [0.25, 0.3) is 0 Å². The molecule has 4 rings (SSSR count). The number of carbonyl (C=O) groups excluding carboxylic acids is 1. The minimum Gasteiger partial charge on any atom is -0.364 e. The van der Waals surface area contributed by atoms with Crippen LogP contribution < -0.4 is 16.2 Å². The zero-order valence-electron chi connectivity index (χ0n) is 18.0. The number of carbonyl (C=O) groups is 1. The maximum Gasteiger partial charge on any atom is 0.248 e. The third-order valence-electron chi connectivity index (χ3n) is 4.83. The van der Waals surface area contributed by atoms with Crippen molar-refractivity contribution >= 4 is 35.0 Å². The van der Waals surface area contributed by atoms with Crippen LogP contribution in [0.25, 0.3) is 28.2 Å². The van der Waals surface area contributed by atoms with Crippen LogP contribution >= 0.6 is 24.0 Å². The van der Waals surface area contributed by atoms with Gasteiger partial charge >= 0.3 is 0 Å². The topological polar surface area (TPSA) is 71.0 Å². The summed E-state index contributed by atoms with van der Waals surface area (Å²) >= 11 is 6.37. The average Bonchev–Trinajstić information content (AvgIpc) is 3.27. The molecule has 0 spiro atoms. The molecule has 0 saturated heterocycles. The minimum atomic E-state index is -0.206. The summed E-state index contributed by atoms with van der Waals surface area (Å²) in [5, 5.41) is 3.83. The number of amides is 1. The van der Waals surface area contributed by atoms with E-state index in [4.69, 9.17) is 17.2 Å². The van der Waals surface area contributed by atoms with Crippen molar-refractivity contribution in [1.82, 2.24) is 25.7 Å². The van der Waals surface area contributed by atoms with E-state index in [1.165, 1.54) is 11.8 Å². The van der Waals surface area contributed by atoms with Crippen molar-refractivity contribution in [2.45, 2.75) is 5.16 Å². The summed E-state index contributed by atoms with van der Waals surface area (Å²) in [6, 6.07) is 30.3. The minimum absolute atomic E-state index is 0.172. The van der Waals surface area contributed by atoms with E-state index in [-0.39, 0.29) is 11.7 Å². The van der Waals surface area contributed by atoms with Gasteiger partial charge in [0.2, 0.25) is 5.91 Å². The van der Waals surface area contributed by atoms with Crippen LogP contribution in [0.4, 0.5) is 0 Å². The molecule has 0 radical (unpaired) electrons. The fourth-order valence-electron chi connectivity index (χ4n) is 3.33. The quantitative estimate of drug-likeness (QED) is 0.219. The number of para-hydroxylation sites is 1. The van der Waals surface area contributed by atoms with Crippen LogP contribution in [-0.4, -0.2) is 33.4 Å². The Bertz CT molecular complexity index is 1230. The summed E-state index contributed by atoms with van der Waals surface area (Å²) in [4.78, 5) is 17.4. The number of thioether (sulfide) groups is 1. The van der Waals surface area contributed by atoms with Gasteiger partial charge in [-0.1, -0.05) is 90.6 Å². The van der Waals surface area contributed by atoms with Crippen LogP contribution in [0.3, 0.4) is 0 Å². The van der Waals surface area contributed by atoms with Crippen LogP contribution in [0, 0.1) is 0 Å². The first-order valence-corrected chi connectivity index (χ1v) is 11.7. The zero-order valence-corrected chi connectivity index (χ0v) is 19.6. The highest BCUT2D eigenvalue weighted by Gasteiger charge is 2.22. The second kappa shape index (κ2) is 10.8. The molecule has 0 atom stereocenters. The van der Waals surface area contributed by atoms with Gasteiger partial charge in [-0.3, -0.25) is 20.2 Å². The second-order valence-electron chi connectivity index (χ2n) is 7.04. The smallest absolute Gasteiger partial charge is 0.248 e. The van der Waals surface area contributed by atoms with Crippen molar-refractivity contribution < 1.29 is 4.79 Å². The van der Waals surface area contributed by atoms with E-state index in [1.807, 2.05) is 78.9 Å². The Morgan fingerprint density at radius 3 is 2.06 bits per heavy atom. The van der Waals surface area contributed by atoms with Crippen molar-refractivity contribution in [3.05, 3.63) is 91.0 Å². The van der Waals surface area contributed by atoms with Crippen molar-refractivity contribution in [2.24, 2.45) is 0 Å². The summed E-state index contributed by atoms with van der Waals surface area (Å²) in [5.41, 5.74) is 10.1. The highest BCUT2D eigenvalue weighted by Crippen LogP contribution is 2.38. The summed E-state index contributed by atoms with van der Waals surface area (Å²) in [6.07, 6.45) is 0. The monoisotopic (exact) mass is 473 g/mol. The number of imidazole rings is 1. The Hall–Kier alpha value is -3.62. The third kappa shape index (κ3) is 5.42. The maximum atomic E-state index is 12.4. The number of rotatable bonds is 6. The van der Waals surface area contributed by atoms with Crippen molar-refractivity contribution in [2.75, 3.05) is 12.8 Å². The predicted octanol–water partition coefficient (Wildman–Crippen LogP) is 4.42. The molecule has 1 amide bonds. The molecule has 6 nitrogen and oxygen atoms in total. The Morgan fingerprint density at radius 2 is 1.45 bits per heavy atom. The van der Waals surface area contributed by atoms with E-state index >= 15 is 0 Å². The summed E-state index contributed by atoms with van der Waals surface area (Å²) < 4.78 is 2.11. The van der Waals surface area contributed by atoms with Gasteiger partial charge in [-0.2, -0.15) is 0 Å². The second-order valence-corrected chi connectivity index (χ2v) is 8.39. The van der Waals surface area contributed by atoms with Gasteiger partial charge < -0.3 is 5.32 Å². The molecule has 166 valence electrons. The lowest BCUT2D eigenvalue weighted by Crippen LogP contribution is -2.46.